The molecule has 1 atom stereocenters. The summed E-state index contributed by atoms with van der Waals surface area (Å²) in [5.74, 6) is -0.764. The number of carbonyl (C=O) groups excluding carboxylic acids is 1. The van der Waals surface area contributed by atoms with Gasteiger partial charge in [0.25, 0.3) is 0 Å². The number of carbonyl (C=O) groups is 1. The zero-order valence-corrected chi connectivity index (χ0v) is 12.2. The van der Waals surface area contributed by atoms with Crippen molar-refractivity contribution in [2.24, 2.45) is 5.92 Å². The number of nitriles is 1. The second-order valence-corrected chi connectivity index (χ2v) is 5.35. The summed E-state index contributed by atoms with van der Waals surface area (Å²) in [4.78, 5) is 11.8. The first kappa shape index (κ1) is 16.0. The number of rotatable bonds is 5. The van der Waals surface area contributed by atoms with Crippen LogP contribution in [0.3, 0.4) is 0 Å². The van der Waals surface area contributed by atoms with Crippen LogP contribution in [0.2, 0.25) is 0 Å². The first-order valence-electron chi connectivity index (χ1n) is 6.51. The lowest BCUT2D eigenvalue weighted by Crippen LogP contribution is -2.50. The summed E-state index contributed by atoms with van der Waals surface area (Å²) >= 11 is 0. The molecule has 0 aliphatic heterocycles. The summed E-state index contributed by atoms with van der Waals surface area (Å²) in [6.07, 6.45) is 0. The Balaban J connectivity index is 2.62. The minimum Gasteiger partial charge on any atom is -0.374 e. The molecule has 2 N–H and O–H groups in total. The van der Waals surface area contributed by atoms with Crippen molar-refractivity contribution in [1.82, 2.24) is 5.32 Å². The predicted octanol–water partition coefficient (Wildman–Crippen LogP) is 2.60. The van der Waals surface area contributed by atoms with E-state index in [1.807, 2.05) is 13.8 Å². The van der Waals surface area contributed by atoms with E-state index in [0.717, 1.165) is 5.56 Å². The summed E-state index contributed by atoms with van der Waals surface area (Å²) in [6.45, 7) is 7.10. The fourth-order valence-electron chi connectivity index (χ4n) is 1.57. The monoisotopic (exact) mass is 277 g/mol. The molecule has 1 aromatic rings. The lowest BCUT2D eigenvalue weighted by atomic mass is 9.90. The van der Waals surface area contributed by atoms with E-state index in [9.17, 15) is 9.18 Å². The Labute approximate surface area is 119 Å². The van der Waals surface area contributed by atoms with Crippen LogP contribution in [0.15, 0.2) is 18.2 Å². The maximum Gasteiger partial charge on any atom is 0.240 e. The van der Waals surface area contributed by atoms with E-state index in [0.29, 0.717) is 0 Å². The van der Waals surface area contributed by atoms with E-state index in [4.69, 9.17) is 5.26 Å². The molecule has 1 aromatic carbocycles. The number of anilines is 1. The van der Waals surface area contributed by atoms with Gasteiger partial charge in [-0.1, -0.05) is 19.9 Å². The minimum atomic E-state index is -0.926. The number of hydrogen-bond donors (Lipinski definition) is 2. The van der Waals surface area contributed by atoms with Crippen LogP contribution in [0.25, 0.3) is 0 Å². The summed E-state index contributed by atoms with van der Waals surface area (Å²) in [5, 5.41) is 14.5. The quantitative estimate of drug-likeness (QED) is 0.869. The molecule has 20 heavy (non-hydrogen) atoms. The molecule has 0 bridgehead atoms. The van der Waals surface area contributed by atoms with Gasteiger partial charge in [-0.3, -0.25) is 4.79 Å². The third-order valence-electron chi connectivity index (χ3n) is 3.35. The molecule has 0 radical (unpaired) electrons. The highest BCUT2D eigenvalue weighted by Crippen LogP contribution is 2.16. The van der Waals surface area contributed by atoms with Crippen molar-refractivity contribution >= 4 is 11.6 Å². The highest BCUT2D eigenvalue weighted by Gasteiger charge is 2.29. The average molecular weight is 277 g/mol. The van der Waals surface area contributed by atoms with E-state index < -0.39 is 11.4 Å². The van der Waals surface area contributed by atoms with E-state index in [2.05, 4.69) is 16.7 Å². The third kappa shape index (κ3) is 3.95. The van der Waals surface area contributed by atoms with Gasteiger partial charge in [0, 0.05) is 0 Å². The van der Waals surface area contributed by atoms with Crippen LogP contribution in [0.4, 0.5) is 10.1 Å². The fourth-order valence-corrected chi connectivity index (χ4v) is 1.57. The van der Waals surface area contributed by atoms with Crippen LogP contribution < -0.4 is 10.6 Å². The normalized spacial score (nSPS) is 13.4. The molecule has 0 spiro atoms. The van der Waals surface area contributed by atoms with Crippen LogP contribution in [-0.2, 0) is 4.79 Å². The Hall–Kier alpha value is -2.09. The molecular formula is C15H20FN3O. The topological polar surface area (TPSA) is 64.9 Å². The molecule has 1 rings (SSSR count). The maximum atomic E-state index is 13.6. The van der Waals surface area contributed by atoms with Crippen molar-refractivity contribution < 1.29 is 9.18 Å². The zero-order valence-electron chi connectivity index (χ0n) is 12.2. The third-order valence-corrected chi connectivity index (χ3v) is 3.35. The lowest BCUT2D eigenvalue weighted by molar-refractivity contribution is -0.121. The van der Waals surface area contributed by atoms with Crippen molar-refractivity contribution in [2.75, 3.05) is 11.9 Å². The van der Waals surface area contributed by atoms with E-state index in [1.165, 1.54) is 6.07 Å². The average Bonchev–Trinajstić information content (AvgIpc) is 2.37. The smallest absolute Gasteiger partial charge is 0.240 e. The molecule has 0 heterocycles. The van der Waals surface area contributed by atoms with Gasteiger partial charge in [0.05, 0.1) is 18.3 Å². The van der Waals surface area contributed by atoms with E-state index in [-0.39, 0.29) is 24.1 Å². The second kappa shape index (κ2) is 6.38. The van der Waals surface area contributed by atoms with Gasteiger partial charge in [0.2, 0.25) is 5.91 Å². The molecule has 0 saturated carbocycles. The Morgan fingerprint density at radius 1 is 1.50 bits per heavy atom. The number of nitrogens with one attached hydrogen (secondary N) is 2. The van der Waals surface area contributed by atoms with Crippen molar-refractivity contribution in [3.05, 3.63) is 29.6 Å². The van der Waals surface area contributed by atoms with E-state index in [1.54, 1.807) is 26.0 Å². The second-order valence-electron chi connectivity index (χ2n) is 5.35. The first-order chi connectivity index (χ1) is 9.28. The lowest BCUT2D eigenvalue weighted by Gasteiger charge is -2.27. The molecule has 1 unspecified atom stereocenters. The predicted molar refractivity (Wildman–Crippen MR) is 76.6 cm³/mol. The molecular weight excluding hydrogens is 257 g/mol. The number of aryl methyl sites for hydroxylation is 1. The summed E-state index contributed by atoms with van der Waals surface area (Å²) < 4.78 is 13.6. The molecule has 0 fully saturated rings. The van der Waals surface area contributed by atoms with Gasteiger partial charge in [0.15, 0.2) is 0 Å². The van der Waals surface area contributed by atoms with E-state index >= 15 is 0 Å². The van der Waals surface area contributed by atoms with Gasteiger partial charge in [-0.15, -0.1) is 0 Å². The number of halogens is 1. The molecule has 0 aliphatic carbocycles. The number of amides is 1. The van der Waals surface area contributed by atoms with Gasteiger partial charge in [-0.25, -0.2) is 4.39 Å². The standard InChI is InChI=1S/C15H20FN3O/c1-10(2)15(4,9-17)19-14(20)8-18-13-6-5-11(3)7-12(13)16/h5-7,10,18H,8H2,1-4H3,(H,19,20). The van der Waals surface area contributed by atoms with Crippen LogP contribution in [0.5, 0.6) is 0 Å². The fraction of sp³-hybridized carbons (Fsp3) is 0.467. The summed E-state index contributed by atoms with van der Waals surface area (Å²) in [5.41, 5.74) is 0.160. The minimum absolute atomic E-state index is 0.0208. The molecule has 4 nitrogen and oxygen atoms in total. The summed E-state index contributed by atoms with van der Waals surface area (Å²) in [7, 11) is 0. The molecule has 1 amide bonds. The Bertz CT molecular complexity index is 536. The molecule has 5 heteroatoms. The number of hydrogen-bond acceptors (Lipinski definition) is 3. The number of nitrogens with zero attached hydrogens (tertiary/aromatic N) is 1. The largest absolute Gasteiger partial charge is 0.374 e. The van der Waals surface area contributed by atoms with Gasteiger partial charge >= 0.3 is 0 Å². The highest BCUT2D eigenvalue weighted by molar-refractivity contribution is 5.81. The Morgan fingerprint density at radius 3 is 2.65 bits per heavy atom. The van der Waals surface area contributed by atoms with Crippen molar-refractivity contribution in [2.45, 2.75) is 33.2 Å². The number of benzene rings is 1. The van der Waals surface area contributed by atoms with Crippen LogP contribution in [0, 0.1) is 30.0 Å². The summed E-state index contributed by atoms with van der Waals surface area (Å²) in [6, 6.07) is 6.84. The van der Waals surface area contributed by atoms with Gasteiger partial charge in [0.1, 0.15) is 11.4 Å². The molecule has 0 saturated heterocycles. The van der Waals surface area contributed by atoms with Gasteiger partial charge < -0.3 is 10.6 Å². The molecule has 0 aliphatic rings. The van der Waals surface area contributed by atoms with Crippen LogP contribution in [-0.4, -0.2) is 18.0 Å². The van der Waals surface area contributed by atoms with Gasteiger partial charge in [-0.05, 0) is 37.5 Å². The molecule has 0 aromatic heterocycles. The Kier molecular flexibility index (Phi) is 5.09. The van der Waals surface area contributed by atoms with Crippen LogP contribution in [0.1, 0.15) is 26.3 Å². The zero-order chi connectivity index (χ0) is 15.3. The molecule has 108 valence electrons. The maximum absolute atomic E-state index is 13.6. The van der Waals surface area contributed by atoms with Crippen molar-refractivity contribution in [1.29, 1.82) is 5.26 Å². The SMILES string of the molecule is Cc1ccc(NCC(=O)NC(C)(C#N)C(C)C)c(F)c1. The van der Waals surface area contributed by atoms with Crippen molar-refractivity contribution in [3.8, 4) is 6.07 Å². The Morgan fingerprint density at radius 2 is 2.15 bits per heavy atom. The van der Waals surface area contributed by atoms with Crippen molar-refractivity contribution in [3.63, 3.8) is 0 Å². The van der Waals surface area contributed by atoms with Crippen LogP contribution >= 0.6 is 0 Å². The first-order valence-corrected chi connectivity index (χ1v) is 6.51. The van der Waals surface area contributed by atoms with Gasteiger partial charge in [-0.2, -0.15) is 5.26 Å². The highest BCUT2D eigenvalue weighted by atomic mass is 19.1.